The molecule has 0 spiro atoms. The van der Waals surface area contributed by atoms with Gasteiger partial charge in [0.25, 0.3) is 0 Å². The lowest BCUT2D eigenvalue weighted by Gasteiger charge is -2.04. The van der Waals surface area contributed by atoms with E-state index in [-0.39, 0.29) is 0 Å². The molecule has 1 rings (SSSR count). The predicted molar refractivity (Wildman–Crippen MR) is 55.6 cm³/mol. The van der Waals surface area contributed by atoms with Crippen LogP contribution in [0.1, 0.15) is 11.1 Å². The van der Waals surface area contributed by atoms with Crippen LogP contribution in [0.25, 0.3) is 0 Å². The molecule has 0 saturated carbocycles. The first-order valence-corrected chi connectivity index (χ1v) is 4.53. The molecule has 4 nitrogen and oxygen atoms in total. The summed E-state index contributed by atoms with van der Waals surface area (Å²) in [5.41, 5.74) is 12.7. The first-order valence-electron chi connectivity index (χ1n) is 4.53. The lowest BCUT2D eigenvalue weighted by molar-refractivity contribution is 0.249. The van der Waals surface area contributed by atoms with Gasteiger partial charge in [-0.05, 0) is 17.5 Å². The van der Waals surface area contributed by atoms with E-state index in [0.717, 1.165) is 17.5 Å². The van der Waals surface area contributed by atoms with Gasteiger partial charge in [-0.1, -0.05) is 24.3 Å². The second-order valence-electron chi connectivity index (χ2n) is 3.07. The third-order valence-corrected chi connectivity index (χ3v) is 1.94. The molecule has 5 N–H and O–H groups in total. The molecule has 0 unspecified atom stereocenters. The molecule has 76 valence electrons. The fourth-order valence-electron chi connectivity index (χ4n) is 1.24. The minimum absolute atomic E-state index is 0.486. The van der Waals surface area contributed by atoms with Gasteiger partial charge in [0.05, 0.1) is 0 Å². The van der Waals surface area contributed by atoms with Crippen molar-refractivity contribution in [2.75, 3.05) is 6.54 Å². The largest absolute Gasteiger partial charge is 0.352 e. The van der Waals surface area contributed by atoms with E-state index < -0.39 is 6.03 Å². The Labute approximate surface area is 83.3 Å². The zero-order valence-electron chi connectivity index (χ0n) is 7.99. The molecule has 0 aliphatic carbocycles. The first-order chi connectivity index (χ1) is 6.72. The number of rotatable bonds is 4. The molecule has 0 atom stereocenters. The molecule has 0 aromatic heterocycles. The summed E-state index contributed by atoms with van der Waals surface area (Å²) in [6.45, 7) is 1.10. The fourth-order valence-corrected chi connectivity index (χ4v) is 1.24. The second kappa shape index (κ2) is 5.24. The summed E-state index contributed by atoms with van der Waals surface area (Å²) in [6, 6.07) is 7.48. The SMILES string of the molecule is NCc1cccc(CCNC(N)=O)c1. The average molecular weight is 193 g/mol. The van der Waals surface area contributed by atoms with Crippen LogP contribution < -0.4 is 16.8 Å². The highest BCUT2D eigenvalue weighted by Gasteiger charge is 1.96. The van der Waals surface area contributed by atoms with Gasteiger partial charge in [0.1, 0.15) is 0 Å². The molecule has 14 heavy (non-hydrogen) atoms. The summed E-state index contributed by atoms with van der Waals surface area (Å²) in [4.78, 5) is 10.4. The van der Waals surface area contributed by atoms with Gasteiger partial charge in [-0.3, -0.25) is 0 Å². The van der Waals surface area contributed by atoms with Gasteiger partial charge in [0.15, 0.2) is 0 Å². The van der Waals surface area contributed by atoms with E-state index in [0.29, 0.717) is 13.1 Å². The molecule has 4 heteroatoms. The van der Waals surface area contributed by atoms with E-state index >= 15 is 0 Å². The minimum atomic E-state index is -0.486. The van der Waals surface area contributed by atoms with Crippen LogP contribution >= 0.6 is 0 Å². The molecule has 0 saturated heterocycles. The summed E-state index contributed by atoms with van der Waals surface area (Å²) in [6.07, 6.45) is 0.775. The molecular formula is C10H15N3O. The molecule has 0 heterocycles. The monoisotopic (exact) mass is 193 g/mol. The molecule has 0 aliphatic rings. The Kier molecular flexibility index (Phi) is 3.94. The van der Waals surface area contributed by atoms with Gasteiger partial charge in [0, 0.05) is 13.1 Å². The second-order valence-corrected chi connectivity index (χ2v) is 3.07. The van der Waals surface area contributed by atoms with Crippen LogP contribution in [0.4, 0.5) is 4.79 Å². The number of hydrogen-bond acceptors (Lipinski definition) is 2. The van der Waals surface area contributed by atoms with Gasteiger partial charge < -0.3 is 16.8 Å². The number of urea groups is 1. The van der Waals surface area contributed by atoms with Crippen molar-refractivity contribution >= 4 is 6.03 Å². The zero-order chi connectivity index (χ0) is 10.4. The van der Waals surface area contributed by atoms with Crippen molar-refractivity contribution in [1.29, 1.82) is 0 Å². The summed E-state index contributed by atoms with van der Waals surface area (Å²) < 4.78 is 0. The van der Waals surface area contributed by atoms with E-state index in [9.17, 15) is 4.79 Å². The Bertz CT molecular complexity index is 312. The van der Waals surface area contributed by atoms with Crippen LogP contribution in [0.3, 0.4) is 0 Å². The Hall–Kier alpha value is -1.55. The zero-order valence-corrected chi connectivity index (χ0v) is 7.99. The topological polar surface area (TPSA) is 81.1 Å². The summed E-state index contributed by atoms with van der Waals surface area (Å²) in [7, 11) is 0. The summed E-state index contributed by atoms with van der Waals surface area (Å²) in [5.74, 6) is 0. The summed E-state index contributed by atoms with van der Waals surface area (Å²) in [5, 5.41) is 2.54. The normalized spacial score (nSPS) is 9.79. The lowest BCUT2D eigenvalue weighted by Crippen LogP contribution is -2.30. The number of amides is 2. The van der Waals surface area contributed by atoms with Crippen LogP contribution in [0.5, 0.6) is 0 Å². The first kappa shape index (κ1) is 10.5. The molecule has 0 radical (unpaired) electrons. The van der Waals surface area contributed by atoms with Crippen molar-refractivity contribution in [3.8, 4) is 0 Å². The maximum atomic E-state index is 10.4. The van der Waals surface area contributed by atoms with Crippen molar-refractivity contribution in [2.24, 2.45) is 11.5 Å². The fraction of sp³-hybridized carbons (Fsp3) is 0.300. The van der Waals surface area contributed by atoms with Gasteiger partial charge in [0.2, 0.25) is 0 Å². The van der Waals surface area contributed by atoms with Crippen LogP contribution in [0.15, 0.2) is 24.3 Å². The van der Waals surface area contributed by atoms with E-state index in [4.69, 9.17) is 11.5 Å². The third-order valence-electron chi connectivity index (χ3n) is 1.94. The van der Waals surface area contributed by atoms with Crippen molar-refractivity contribution in [3.05, 3.63) is 35.4 Å². The smallest absolute Gasteiger partial charge is 0.312 e. The van der Waals surface area contributed by atoms with E-state index in [1.165, 1.54) is 0 Å². The molecule has 1 aromatic carbocycles. The molecule has 0 aliphatic heterocycles. The number of hydrogen-bond donors (Lipinski definition) is 3. The quantitative estimate of drug-likeness (QED) is 0.645. The van der Waals surface area contributed by atoms with Crippen molar-refractivity contribution in [1.82, 2.24) is 5.32 Å². The average Bonchev–Trinajstić information content (AvgIpc) is 2.18. The van der Waals surface area contributed by atoms with E-state index in [1.54, 1.807) is 0 Å². The van der Waals surface area contributed by atoms with Gasteiger partial charge in [-0.25, -0.2) is 4.79 Å². The van der Waals surface area contributed by atoms with E-state index in [1.807, 2.05) is 24.3 Å². The molecule has 1 aromatic rings. The predicted octanol–water partition coefficient (Wildman–Crippen LogP) is 0.356. The van der Waals surface area contributed by atoms with Crippen LogP contribution in [0, 0.1) is 0 Å². The standard InChI is InChI=1S/C10H15N3O/c11-7-9-3-1-2-8(6-9)4-5-13-10(12)14/h1-3,6H,4-5,7,11H2,(H3,12,13,14). The van der Waals surface area contributed by atoms with Crippen LogP contribution in [-0.4, -0.2) is 12.6 Å². The Morgan fingerprint density at radius 2 is 2.07 bits per heavy atom. The summed E-state index contributed by atoms with van der Waals surface area (Å²) >= 11 is 0. The Morgan fingerprint density at radius 1 is 1.36 bits per heavy atom. The number of nitrogens with two attached hydrogens (primary N) is 2. The number of nitrogens with one attached hydrogen (secondary N) is 1. The molecule has 2 amide bonds. The Morgan fingerprint density at radius 3 is 2.71 bits per heavy atom. The van der Waals surface area contributed by atoms with Crippen LogP contribution in [0.2, 0.25) is 0 Å². The number of primary amides is 1. The highest BCUT2D eigenvalue weighted by molar-refractivity contribution is 5.71. The Balaban J connectivity index is 2.46. The highest BCUT2D eigenvalue weighted by Crippen LogP contribution is 2.04. The maximum absolute atomic E-state index is 10.4. The van der Waals surface area contributed by atoms with Gasteiger partial charge in [-0.2, -0.15) is 0 Å². The third kappa shape index (κ3) is 3.45. The number of carbonyl (C=O) groups is 1. The number of carbonyl (C=O) groups excluding carboxylic acids is 1. The highest BCUT2D eigenvalue weighted by atomic mass is 16.2. The van der Waals surface area contributed by atoms with Crippen molar-refractivity contribution in [2.45, 2.75) is 13.0 Å². The minimum Gasteiger partial charge on any atom is -0.352 e. The number of benzene rings is 1. The van der Waals surface area contributed by atoms with Gasteiger partial charge >= 0.3 is 6.03 Å². The van der Waals surface area contributed by atoms with Gasteiger partial charge in [-0.15, -0.1) is 0 Å². The molecular weight excluding hydrogens is 178 g/mol. The molecule has 0 bridgehead atoms. The lowest BCUT2D eigenvalue weighted by atomic mass is 10.1. The van der Waals surface area contributed by atoms with Crippen molar-refractivity contribution in [3.63, 3.8) is 0 Å². The van der Waals surface area contributed by atoms with Crippen LogP contribution in [-0.2, 0) is 13.0 Å². The molecule has 0 fully saturated rings. The van der Waals surface area contributed by atoms with E-state index in [2.05, 4.69) is 5.32 Å². The van der Waals surface area contributed by atoms with Crippen molar-refractivity contribution < 1.29 is 4.79 Å². The maximum Gasteiger partial charge on any atom is 0.312 e.